The summed E-state index contributed by atoms with van der Waals surface area (Å²) in [5.41, 5.74) is 6.62. The van der Waals surface area contributed by atoms with Crippen LogP contribution in [0.4, 0.5) is 0 Å². The van der Waals surface area contributed by atoms with E-state index in [4.69, 9.17) is 5.73 Å². The lowest BCUT2D eigenvalue weighted by Gasteiger charge is -2.09. The number of ketones is 1. The predicted octanol–water partition coefficient (Wildman–Crippen LogP) is -0.316. The lowest BCUT2D eigenvalue weighted by molar-refractivity contribution is -0.120. The topological polar surface area (TPSA) is 95.0 Å². The monoisotopic (exact) mass is 273 g/mol. The molecule has 18 heavy (non-hydrogen) atoms. The number of sulfone groups is 1. The number of nitrogens with two attached hydrogens (primary N) is 1. The second-order valence-electron chi connectivity index (χ2n) is 4.44. The minimum Gasteiger partial charge on any atom is -0.321 e. The van der Waals surface area contributed by atoms with Crippen molar-refractivity contribution < 1.29 is 13.2 Å². The highest BCUT2D eigenvalue weighted by Gasteiger charge is 2.16. The molecule has 0 aromatic carbocycles. The highest BCUT2D eigenvalue weighted by Crippen LogP contribution is 2.04. The Hall–Kier alpha value is -1.21. The summed E-state index contributed by atoms with van der Waals surface area (Å²) in [5.74, 6) is -0.161. The van der Waals surface area contributed by atoms with Gasteiger partial charge >= 0.3 is 0 Å². The maximum atomic E-state index is 11.7. The van der Waals surface area contributed by atoms with Crippen LogP contribution in [0.1, 0.15) is 18.5 Å². The van der Waals surface area contributed by atoms with Crippen LogP contribution in [0.25, 0.3) is 0 Å². The molecule has 0 saturated heterocycles. The number of nitrogens with zero attached hydrogens (tertiary/aromatic N) is 2. The van der Waals surface area contributed by atoms with E-state index in [-0.39, 0.29) is 18.0 Å². The molecule has 1 aromatic rings. The molecule has 0 amide bonds. The molecule has 1 aromatic heterocycles. The maximum Gasteiger partial charge on any atom is 0.149 e. The molecule has 0 aliphatic carbocycles. The van der Waals surface area contributed by atoms with Gasteiger partial charge in [-0.2, -0.15) is 5.10 Å². The second kappa shape index (κ2) is 6.10. The summed E-state index contributed by atoms with van der Waals surface area (Å²) in [6.07, 6.45) is 3.87. The third-order valence-electron chi connectivity index (χ3n) is 2.76. The molecule has 0 saturated carbocycles. The summed E-state index contributed by atoms with van der Waals surface area (Å²) < 4.78 is 23.6. The van der Waals surface area contributed by atoms with Gasteiger partial charge in [0.15, 0.2) is 0 Å². The molecule has 1 atom stereocenters. The Kier molecular flexibility index (Phi) is 5.03. The van der Waals surface area contributed by atoms with Crippen molar-refractivity contribution in [2.24, 2.45) is 12.8 Å². The average Bonchev–Trinajstić information content (AvgIpc) is 2.67. The molecule has 7 heteroatoms. The summed E-state index contributed by atoms with van der Waals surface area (Å²) in [4.78, 5) is 11.7. The molecule has 1 unspecified atom stereocenters. The Morgan fingerprint density at radius 1 is 1.56 bits per heavy atom. The first-order valence-corrected chi connectivity index (χ1v) is 7.78. The molecule has 0 radical (unpaired) electrons. The van der Waals surface area contributed by atoms with Gasteiger partial charge < -0.3 is 5.73 Å². The number of Topliss-reactive ketones (excluding diaryl/α,β-unsaturated/α-hetero) is 1. The van der Waals surface area contributed by atoms with Crippen molar-refractivity contribution in [1.82, 2.24) is 9.78 Å². The second-order valence-corrected chi connectivity index (χ2v) is 6.70. The zero-order chi connectivity index (χ0) is 13.8. The molecule has 0 bridgehead atoms. The Labute approximate surface area is 107 Å². The predicted molar refractivity (Wildman–Crippen MR) is 68.8 cm³/mol. The van der Waals surface area contributed by atoms with Crippen LogP contribution in [-0.2, 0) is 28.1 Å². The van der Waals surface area contributed by atoms with E-state index >= 15 is 0 Å². The number of hydrogen-bond donors (Lipinski definition) is 1. The zero-order valence-corrected chi connectivity index (χ0v) is 11.5. The van der Waals surface area contributed by atoms with Crippen LogP contribution in [0.2, 0.25) is 0 Å². The summed E-state index contributed by atoms with van der Waals surface area (Å²) in [7, 11) is -1.25. The number of carbonyl (C=O) groups excluding carboxylic acids is 1. The number of rotatable bonds is 7. The minimum absolute atomic E-state index is 0.0500. The molecular formula is C11H19N3O3S. The lowest BCUT2D eigenvalue weighted by Crippen LogP contribution is -2.32. The van der Waals surface area contributed by atoms with Gasteiger partial charge in [-0.05, 0) is 18.9 Å². The summed E-state index contributed by atoms with van der Waals surface area (Å²) in [5, 5.41) is 4.00. The molecule has 0 aliphatic rings. The van der Waals surface area contributed by atoms with Gasteiger partial charge in [-0.25, -0.2) is 8.42 Å². The summed E-state index contributed by atoms with van der Waals surface area (Å²) >= 11 is 0. The van der Waals surface area contributed by atoms with Gasteiger partial charge in [0.2, 0.25) is 0 Å². The number of carbonyl (C=O) groups is 1. The molecule has 0 fully saturated rings. The Morgan fingerprint density at radius 3 is 2.72 bits per heavy atom. The van der Waals surface area contributed by atoms with Crippen LogP contribution in [0.5, 0.6) is 0 Å². The fourth-order valence-electron chi connectivity index (χ4n) is 1.59. The zero-order valence-electron chi connectivity index (χ0n) is 10.7. The molecule has 1 rings (SSSR count). The van der Waals surface area contributed by atoms with E-state index in [1.165, 1.54) is 0 Å². The van der Waals surface area contributed by atoms with E-state index in [0.29, 0.717) is 12.8 Å². The Bertz CT molecular complexity index is 507. The summed E-state index contributed by atoms with van der Waals surface area (Å²) in [6.45, 7) is 0. The van der Waals surface area contributed by atoms with Crippen LogP contribution in [-0.4, -0.2) is 42.0 Å². The Balaban J connectivity index is 2.39. The molecule has 6 nitrogen and oxygen atoms in total. The third kappa shape index (κ3) is 4.97. The largest absolute Gasteiger partial charge is 0.321 e. The van der Waals surface area contributed by atoms with Crippen molar-refractivity contribution in [3.05, 3.63) is 18.0 Å². The van der Waals surface area contributed by atoms with E-state index in [1.54, 1.807) is 10.9 Å². The SMILES string of the molecule is Cn1nccc1CCC(=O)C(N)CCS(C)(=O)=O. The standard InChI is InChI=1S/C11H19N3O3S/c1-14-9(5-7-13-14)3-4-11(15)10(12)6-8-18(2,16)17/h5,7,10H,3-4,6,8,12H2,1-2H3. The van der Waals surface area contributed by atoms with Crippen LogP contribution >= 0.6 is 0 Å². The van der Waals surface area contributed by atoms with Gasteiger partial charge in [-0.1, -0.05) is 0 Å². The summed E-state index contributed by atoms with van der Waals surface area (Å²) in [6, 6.07) is 1.14. The van der Waals surface area contributed by atoms with E-state index < -0.39 is 15.9 Å². The first-order chi connectivity index (χ1) is 8.29. The van der Waals surface area contributed by atoms with Crippen molar-refractivity contribution in [2.45, 2.75) is 25.3 Å². The van der Waals surface area contributed by atoms with Crippen molar-refractivity contribution in [1.29, 1.82) is 0 Å². The first-order valence-electron chi connectivity index (χ1n) is 5.72. The first kappa shape index (κ1) is 14.8. The molecule has 0 spiro atoms. The number of aromatic nitrogens is 2. The van der Waals surface area contributed by atoms with E-state index in [2.05, 4.69) is 5.10 Å². The highest BCUT2D eigenvalue weighted by molar-refractivity contribution is 7.90. The van der Waals surface area contributed by atoms with Gasteiger partial charge in [0.25, 0.3) is 0 Å². The van der Waals surface area contributed by atoms with Crippen molar-refractivity contribution in [3.8, 4) is 0 Å². The molecule has 2 N–H and O–H groups in total. The molecule has 1 heterocycles. The van der Waals surface area contributed by atoms with Gasteiger partial charge in [-0.3, -0.25) is 9.48 Å². The van der Waals surface area contributed by atoms with Gasteiger partial charge in [0.1, 0.15) is 15.6 Å². The number of hydrogen-bond acceptors (Lipinski definition) is 5. The molecular weight excluding hydrogens is 254 g/mol. The van der Waals surface area contributed by atoms with Crippen LogP contribution < -0.4 is 5.73 Å². The van der Waals surface area contributed by atoms with Crippen LogP contribution in [0, 0.1) is 0 Å². The van der Waals surface area contributed by atoms with Crippen LogP contribution in [0.3, 0.4) is 0 Å². The average molecular weight is 273 g/mol. The van der Waals surface area contributed by atoms with Crippen molar-refractivity contribution in [3.63, 3.8) is 0 Å². The van der Waals surface area contributed by atoms with Gasteiger partial charge in [0.05, 0.1) is 11.8 Å². The van der Waals surface area contributed by atoms with Crippen LogP contribution in [0.15, 0.2) is 12.3 Å². The van der Waals surface area contributed by atoms with Crippen molar-refractivity contribution >= 4 is 15.6 Å². The third-order valence-corrected chi connectivity index (χ3v) is 3.74. The normalized spacial score (nSPS) is 13.5. The maximum absolute atomic E-state index is 11.7. The van der Waals surface area contributed by atoms with E-state index in [1.807, 2.05) is 13.1 Å². The van der Waals surface area contributed by atoms with E-state index in [0.717, 1.165) is 11.9 Å². The smallest absolute Gasteiger partial charge is 0.149 e. The lowest BCUT2D eigenvalue weighted by atomic mass is 10.1. The quantitative estimate of drug-likeness (QED) is 0.735. The minimum atomic E-state index is -3.06. The van der Waals surface area contributed by atoms with Gasteiger partial charge in [-0.15, -0.1) is 0 Å². The van der Waals surface area contributed by atoms with Crippen molar-refractivity contribution in [2.75, 3.05) is 12.0 Å². The van der Waals surface area contributed by atoms with E-state index in [9.17, 15) is 13.2 Å². The fraction of sp³-hybridized carbons (Fsp3) is 0.636. The number of aryl methyl sites for hydroxylation is 2. The van der Waals surface area contributed by atoms with Gasteiger partial charge in [0, 0.05) is 31.6 Å². The molecule has 102 valence electrons. The highest BCUT2D eigenvalue weighted by atomic mass is 32.2. The fourth-order valence-corrected chi connectivity index (χ4v) is 2.27. The molecule has 0 aliphatic heterocycles. The Morgan fingerprint density at radius 2 is 2.22 bits per heavy atom.